The average molecular weight is 432 g/mol. The number of nitrogens with one attached hydrogen (secondary N) is 1. The lowest BCUT2D eigenvalue weighted by atomic mass is 9.93. The van der Waals surface area contributed by atoms with Crippen LogP contribution in [0.1, 0.15) is 35.3 Å². The van der Waals surface area contributed by atoms with Crippen molar-refractivity contribution in [2.45, 2.75) is 26.3 Å². The summed E-state index contributed by atoms with van der Waals surface area (Å²) in [5, 5.41) is 12.2. The summed E-state index contributed by atoms with van der Waals surface area (Å²) in [5.74, 6) is -1.35. The second-order valence-corrected chi connectivity index (χ2v) is 8.56. The van der Waals surface area contributed by atoms with Crippen LogP contribution >= 0.6 is 0 Å². The Bertz CT molecular complexity index is 1200. The number of H-pyrrole nitrogens is 1. The van der Waals surface area contributed by atoms with Crippen LogP contribution < -0.4 is 0 Å². The number of fused-ring (bicyclic) bond motifs is 1. The van der Waals surface area contributed by atoms with Crippen molar-refractivity contribution in [3.05, 3.63) is 76.5 Å². The lowest BCUT2D eigenvalue weighted by Crippen LogP contribution is -2.35. The number of aliphatic hydroxyl groups excluding tert-OH is 1. The smallest absolute Gasteiger partial charge is 0.295 e. The van der Waals surface area contributed by atoms with Gasteiger partial charge in [-0.2, -0.15) is 0 Å². The molecule has 1 fully saturated rings. The Hall–Kier alpha value is -3.38. The number of aryl methyl sites for hydroxylation is 2. The first kappa shape index (κ1) is 21.8. The van der Waals surface area contributed by atoms with Crippen LogP contribution in [-0.2, 0) is 16.0 Å². The zero-order valence-electron chi connectivity index (χ0n) is 19.0. The van der Waals surface area contributed by atoms with Gasteiger partial charge in [-0.3, -0.25) is 9.59 Å². The molecule has 2 N–H and O–H groups in total. The predicted molar refractivity (Wildman–Crippen MR) is 126 cm³/mol. The molecule has 1 aliphatic rings. The van der Waals surface area contributed by atoms with Gasteiger partial charge in [-0.25, -0.2) is 0 Å². The van der Waals surface area contributed by atoms with Crippen LogP contribution in [0.3, 0.4) is 0 Å². The number of nitrogens with zero attached hydrogens (tertiary/aromatic N) is 2. The highest BCUT2D eigenvalue weighted by Gasteiger charge is 2.47. The molecule has 4 rings (SSSR count). The highest BCUT2D eigenvalue weighted by molar-refractivity contribution is 6.46. The summed E-state index contributed by atoms with van der Waals surface area (Å²) in [6.45, 7) is 4.99. The van der Waals surface area contributed by atoms with Crippen LogP contribution in [0.4, 0.5) is 0 Å². The lowest BCUT2D eigenvalue weighted by Gasteiger charge is -2.27. The Kier molecular flexibility index (Phi) is 5.89. The Morgan fingerprint density at radius 2 is 1.78 bits per heavy atom. The molecule has 6 nitrogen and oxygen atoms in total. The summed E-state index contributed by atoms with van der Waals surface area (Å²) < 4.78 is 0. The zero-order valence-corrected chi connectivity index (χ0v) is 19.0. The second kappa shape index (κ2) is 8.63. The number of likely N-dealkylation sites (N-methyl/N-ethyl adjacent to an activating group) is 1. The van der Waals surface area contributed by atoms with E-state index in [1.807, 2.05) is 62.3 Å². The number of aromatic amines is 1. The fourth-order valence-corrected chi connectivity index (χ4v) is 4.42. The van der Waals surface area contributed by atoms with Crippen LogP contribution in [-0.4, -0.2) is 58.8 Å². The Morgan fingerprint density at radius 1 is 1.09 bits per heavy atom. The maximum Gasteiger partial charge on any atom is 0.295 e. The van der Waals surface area contributed by atoms with Crippen LogP contribution in [0.25, 0.3) is 16.7 Å². The largest absolute Gasteiger partial charge is 0.507 e. The molecule has 1 saturated heterocycles. The number of amides is 1. The minimum atomic E-state index is -0.656. The van der Waals surface area contributed by atoms with E-state index in [2.05, 4.69) is 11.9 Å². The molecule has 6 heteroatoms. The molecule has 1 aliphatic heterocycles. The molecule has 0 saturated carbocycles. The molecule has 1 unspecified atom stereocenters. The third kappa shape index (κ3) is 3.71. The molecule has 0 aliphatic carbocycles. The van der Waals surface area contributed by atoms with Crippen molar-refractivity contribution in [1.29, 1.82) is 0 Å². The van der Waals surface area contributed by atoms with Gasteiger partial charge < -0.3 is 19.9 Å². The second-order valence-electron chi connectivity index (χ2n) is 8.56. The molecule has 0 radical (unpaired) electrons. The van der Waals surface area contributed by atoms with E-state index in [1.165, 1.54) is 0 Å². The van der Waals surface area contributed by atoms with Crippen molar-refractivity contribution < 1.29 is 14.7 Å². The molecule has 2 heterocycles. The first-order valence-corrected chi connectivity index (χ1v) is 10.9. The van der Waals surface area contributed by atoms with Crippen LogP contribution in [0.5, 0.6) is 0 Å². The third-order valence-electron chi connectivity index (χ3n) is 6.18. The zero-order chi connectivity index (χ0) is 23.0. The number of Topliss-reactive ketones (excluding diaryl/α,β-unsaturated/α-hetero) is 1. The molecule has 3 aromatic rings. The van der Waals surface area contributed by atoms with E-state index in [1.54, 1.807) is 17.0 Å². The minimum Gasteiger partial charge on any atom is -0.507 e. The number of carbonyl (C=O) groups is 2. The van der Waals surface area contributed by atoms with E-state index in [4.69, 9.17) is 0 Å². The van der Waals surface area contributed by atoms with Gasteiger partial charge in [-0.1, -0.05) is 49.4 Å². The van der Waals surface area contributed by atoms with E-state index < -0.39 is 17.7 Å². The Balaban J connectivity index is 1.93. The predicted octanol–water partition coefficient (Wildman–Crippen LogP) is 4.02. The van der Waals surface area contributed by atoms with Crippen molar-refractivity contribution in [1.82, 2.24) is 14.8 Å². The van der Waals surface area contributed by atoms with E-state index >= 15 is 0 Å². The molecule has 0 spiro atoms. The monoisotopic (exact) mass is 431 g/mol. The number of para-hydroxylation sites is 1. The van der Waals surface area contributed by atoms with E-state index in [0.29, 0.717) is 18.7 Å². The van der Waals surface area contributed by atoms with Crippen molar-refractivity contribution in [3.63, 3.8) is 0 Å². The van der Waals surface area contributed by atoms with E-state index in [9.17, 15) is 14.7 Å². The minimum absolute atomic E-state index is 0.131. The number of ketones is 1. The maximum absolute atomic E-state index is 13.2. The number of carbonyl (C=O) groups excluding carboxylic acids is 2. The summed E-state index contributed by atoms with van der Waals surface area (Å²) in [4.78, 5) is 33.3. The standard InChI is InChI=1S/C26H29N3O3/c1-5-17-10-12-18(13-11-17)24(30)22-23(29(15-14-28(3)4)26(32)25(22)31)21-16(2)27-20-9-7-6-8-19(20)21/h6-13,23,27,30H,5,14-15H2,1-4H3/b24-22+. The first-order valence-electron chi connectivity index (χ1n) is 10.9. The number of likely N-dealkylation sites (tertiary alicyclic amines) is 1. The summed E-state index contributed by atoms with van der Waals surface area (Å²) in [5.41, 5.74) is 4.48. The molecule has 2 aromatic carbocycles. The Morgan fingerprint density at radius 3 is 2.44 bits per heavy atom. The summed E-state index contributed by atoms with van der Waals surface area (Å²) >= 11 is 0. The Labute approximate surface area is 188 Å². The molecule has 1 aromatic heterocycles. The highest BCUT2D eigenvalue weighted by atomic mass is 16.3. The van der Waals surface area contributed by atoms with Gasteiger partial charge >= 0.3 is 0 Å². The van der Waals surface area contributed by atoms with Crippen molar-refractivity contribution in [2.24, 2.45) is 0 Å². The molecular weight excluding hydrogens is 402 g/mol. The maximum atomic E-state index is 13.2. The first-order chi connectivity index (χ1) is 15.3. The summed E-state index contributed by atoms with van der Waals surface area (Å²) in [6.07, 6.45) is 0.879. The number of hydrogen-bond donors (Lipinski definition) is 2. The average Bonchev–Trinajstić information content (AvgIpc) is 3.24. The topological polar surface area (TPSA) is 76.6 Å². The number of benzene rings is 2. The third-order valence-corrected chi connectivity index (χ3v) is 6.18. The van der Waals surface area contributed by atoms with Gasteiger partial charge in [-0.15, -0.1) is 0 Å². The molecule has 0 bridgehead atoms. The normalized spacial score (nSPS) is 18.3. The number of aromatic nitrogens is 1. The van der Waals surface area contributed by atoms with Crippen LogP contribution in [0, 0.1) is 6.92 Å². The van der Waals surface area contributed by atoms with Crippen LogP contribution in [0.15, 0.2) is 54.1 Å². The molecular formula is C26H29N3O3. The van der Waals surface area contributed by atoms with Crippen molar-refractivity contribution in [2.75, 3.05) is 27.2 Å². The van der Waals surface area contributed by atoms with Crippen LogP contribution in [0.2, 0.25) is 0 Å². The van der Waals surface area contributed by atoms with Gasteiger partial charge in [0.1, 0.15) is 5.76 Å². The van der Waals surface area contributed by atoms with Gasteiger partial charge in [0.25, 0.3) is 11.7 Å². The van der Waals surface area contributed by atoms with E-state index in [0.717, 1.165) is 34.1 Å². The summed E-state index contributed by atoms with van der Waals surface area (Å²) in [7, 11) is 3.86. The number of hydrogen-bond acceptors (Lipinski definition) is 4. The molecule has 1 atom stereocenters. The molecule has 32 heavy (non-hydrogen) atoms. The molecule has 1 amide bonds. The SMILES string of the molecule is CCc1ccc(/C(O)=C2\C(=O)C(=O)N(CCN(C)C)C2c2c(C)[nH]c3ccccc23)cc1. The number of rotatable bonds is 6. The fraction of sp³-hybridized carbons (Fsp3) is 0.308. The van der Waals surface area contributed by atoms with Crippen molar-refractivity contribution >= 4 is 28.4 Å². The quantitative estimate of drug-likeness (QED) is 0.351. The van der Waals surface area contributed by atoms with Gasteiger partial charge in [0.15, 0.2) is 0 Å². The lowest BCUT2D eigenvalue weighted by molar-refractivity contribution is -0.140. The van der Waals surface area contributed by atoms with Crippen molar-refractivity contribution in [3.8, 4) is 0 Å². The number of aliphatic hydroxyl groups is 1. The van der Waals surface area contributed by atoms with Gasteiger partial charge in [0, 0.05) is 40.8 Å². The summed E-state index contributed by atoms with van der Waals surface area (Å²) in [6, 6.07) is 14.7. The van der Waals surface area contributed by atoms with E-state index in [-0.39, 0.29) is 11.3 Å². The highest BCUT2D eigenvalue weighted by Crippen LogP contribution is 2.43. The molecule has 166 valence electrons. The van der Waals surface area contributed by atoms with Gasteiger partial charge in [-0.05, 0) is 39.1 Å². The van der Waals surface area contributed by atoms with Gasteiger partial charge in [0.05, 0.1) is 11.6 Å². The fourth-order valence-electron chi connectivity index (χ4n) is 4.42. The van der Waals surface area contributed by atoms with Gasteiger partial charge in [0.2, 0.25) is 0 Å².